The number of rotatable bonds is 10. The van der Waals surface area contributed by atoms with Gasteiger partial charge < -0.3 is 23.9 Å². The van der Waals surface area contributed by atoms with Crippen LogP contribution in [0.5, 0.6) is 0 Å². The third kappa shape index (κ3) is 20.4. The number of hydrogen-bond donors (Lipinski definition) is 0. The summed E-state index contributed by atoms with van der Waals surface area (Å²) in [6.45, 7) is 6.10. The molecule has 0 saturated heterocycles. The molecular formula is C14H27BrMg. The first-order valence-corrected chi connectivity index (χ1v) is 6.36. The van der Waals surface area contributed by atoms with E-state index < -0.39 is 0 Å². The van der Waals surface area contributed by atoms with E-state index in [-0.39, 0.29) is 40.0 Å². The molecule has 0 bridgehead atoms. The van der Waals surface area contributed by atoms with E-state index in [2.05, 4.69) is 26.0 Å². The van der Waals surface area contributed by atoms with E-state index in [1.807, 2.05) is 0 Å². The Morgan fingerprint density at radius 3 is 1.88 bits per heavy atom. The molecule has 16 heavy (non-hydrogen) atoms. The average molecular weight is 300 g/mol. The van der Waals surface area contributed by atoms with Crippen LogP contribution in [0, 0.1) is 6.92 Å². The summed E-state index contributed by atoms with van der Waals surface area (Å²) in [7, 11) is 0. The monoisotopic (exact) mass is 298 g/mol. The summed E-state index contributed by atoms with van der Waals surface area (Å²) in [6.07, 6.45) is 17.9. The SMILES string of the molecule is [Br-].[CH2-]CCCC=CCCCCCCCC.[Mg+2]. The number of allylic oxidation sites excluding steroid dienone is 2. The molecule has 0 fully saturated rings. The fraction of sp³-hybridized carbons (Fsp3) is 0.786. The van der Waals surface area contributed by atoms with Crippen LogP contribution in [0.15, 0.2) is 12.2 Å². The van der Waals surface area contributed by atoms with Gasteiger partial charge in [0.15, 0.2) is 0 Å². The molecule has 0 radical (unpaired) electrons. The quantitative estimate of drug-likeness (QED) is 0.250. The second kappa shape index (κ2) is 21.3. The molecule has 0 spiro atoms. The van der Waals surface area contributed by atoms with Crippen molar-refractivity contribution in [3.05, 3.63) is 19.1 Å². The fourth-order valence-electron chi connectivity index (χ4n) is 1.54. The molecule has 0 aliphatic carbocycles. The summed E-state index contributed by atoms with van der Waals surface area (Å²) in [6, 6.07) is 0. The third-order valence-corrected chi connectivity index (χ3v) is 2.51. The van der Waals surface area contributed by atoms with Gasteiger partial charge in [-0.05, 0) is 19.3 Å². The molecule has 0 atom stereocenters. The minimum atomic E-state index is 0. The van der Waals surface area contributed by atoms with Gasteiger partial charge in [0.05, 0.1) is 0 Å². The summed E-state index contributed by atoms with van der Waals surface area (Å²) in [5.41, 5.74) is 0. The van der Waals surface area contributed by atoms with Crippen LogP contribution in [-0.4, -0.2) is 23.1 Å². The van der Waals surface area contributed by atoms with E-state index in [4.69, 9.17) is 0 Å². The van der Waals surface area contributed by atoms with Crippen molar-refractivity contribution < 1.29 is 17.0 Å². The molecule has 0 rings (SSSR count). The molecule has 0 amide bonds. The van der Waals surface area contributed by atoms with E-state index in [0.717, 1.165) is 6.42 Å². The molecular weight excluding hydrogens is 272 g/mol. The molecule has 0 heterocycles. The Balaban J connectivity index is -0.000000845. The van der Waals surface area contributed by atoms with Gasteiger partial charge in [-0.15, -0.1) is 0 Å². The standard InChI is InChI=1S/C14H27.BrH.Mg/c1-3-5-7-9-11-13-14-12-10-8-6-4-2;;/h9,11H,1,3-8,10,12-14H2,2H3;1H;/q-1;;+2/p-1. The summed E-state index contributed by atoms with van der Waals surface area (Å²) in [5, 5.41) is 0. The maximum atomic E-state index is 3.83. The van der Waals surface area contributed by atoms with Gasteiger partial charge in [0.1, 0.15) is 0 Å². The Morgan fingerprint density at radius 1 is 0.812 bits per heavy atom. The summed E-state index contributed by atoms with van der Waals surface area (Å²) < 4.78 is 0. The number of unbranched alkanes of at least 4 members (excludes halogenated alkanes) is 8. The Bertz CT molecular complexity index is 124. The smallest absolute Gasteiger partial charge is 1.00 e. The van der Waals surface area contributed by atoms with Crippen LogP contribution >= 0.6 is 0 Å². The van der Waals surface area contributed by atoms with Gasteiger partial charge in [0.2, 0.25) is 0 Å². The van der Waals surface area contributed by atoms with Crippen LogP contribution in [0.3, 0.4) is 0 Å². The molecule has 0 aromatic heterocycles. The molecule has 2 heteroatoms. The minimum Gasteiger partial charge on any atom is -1.00 e. The maximum absolute atomic E-state index is 3.83. The molecule has 0 unspecified atom stereocenters. The normalized spacial score (nSPS) is 9.88. The fourth-order valence-corrected chi connectivity index (χ4v) is 1.54. The summed E-state index contributed by atoms with van der Waals surface area (Å²) >= 11 is 0. The summed E-state index contributed by atoms with van der Waals surface area (Å²) in [5.74, 6) is 0. The Morgan fingerprint density at radius 2 is 1.31 bits per heavy atom. The first kappa shape index (κ1) is 22.2. The van der Waals surface area contributed by atoms with Crippen molar-refractivity contribution in [2.24, 2.45) is 0 Å². The third-order valence-electron chi connectivity index (χ3n) is 2.51. The largest absolute Gasteiger partial charge is 2.00 e. The van der Waals surface area contributed by atoms with Crippen molar-refractivity contribution in [2.75, 3.05) is 0 Å². The molecule has 0 N–H and O–H groups in total. The summed E-state index contributed by atoms with van der Waals surface area (Å²) in [4.78, 5) is 0. The Hall–Kier alpha value is 0.986. The molecule has 0 saturated carbocycles. The maximum Gasteiger partial charge on any atom is 2.00 e. The van der Waals surface area contributed by atoms with Crippen molar-refractivity contribution in [1.29, 1.82) is 0 Å². The van der Waals surface area contributed by atoms with E-state index >= 15 is 0 Å². The zero-order valence-electron chi connectivity index (χ0n) is 11.0. The molecule has 0 aromatic carbocycles. The van der Waals surface area contributed by atoms with E-state index in [1.165, 1.54) is 57.8 Å². The predicted molar refractivity (Wildman–Crippen MR) is 72.1 cm³/mol. The van der Waals surface area contributed by atoms with E-state index in [1.54, 1.807) is 0 Å². The number of hydrogen-bond acceptors (Lipinski definition) is 0. The molecule has 0 aromatic rings. The number of halogens is 1. The zero-order chi connectivity index (χ0) is 10.5. The van der Waals surface area contributed by atoms with Crippen molar-refractivity contribution in [3.8, 4) is 0 Å². The van der Waals surface area contributed by atoms with Crippen LogP contribution in [0.25, 0.3) is 0 Å². The Kier molecular flexibility index (Phi) is 29.5. The van der Waals surface area contributed by atoms with Gasteiger partial charge in [-0.2, -0.15) is 6.42 Å². The van der Waals surface area contributed by atoms with Gasteiger partial charge in [-0.3, -0.25) is 0 Å². The Labute approximate surface area is 130 Å². The van der Waals surface area contributed by atoms with Crippen LogP contribution < -0.4 is 17.0 Å². The van der Waals surface area contributed by atoms with Crippen LogP contribution in [0.2, 0.25) is 0 Å². The van der Waals surface area contributed by atoms with Crippen LogP contribution in [0.1, 0.15) is 71.1 Å². The van der Waals surface area contributed by atoms with E-state index in [9.17, 15) is 0 Å². The van der Waals surface area contributed by atoms with E-state index in [0.29, 0.717) is 0 Å². The van der Waals surface area contributed by atoms with Gasteiger partial charge in [0, 0.05) is 0 Å². The van der Waals surface area contributed by atoms with Crippen molar-refractivity contribution in [2.45, 2.75) is 71.1 Å². The minimum absolute atomic E-state index is 0. The van der Waals surface area contributed by atoms with Gasteiger partial charge in [-0.25, -0.2) is 0 Å². The van der Waals surface area contributed by atoms with Crippen LogP contribution in [0.4, 0.5) is 0 Å². The molecule has 0 aliphatic heterocycles. The first-order valence-electron chi connectivity index (χ1n) is 6.36. The topological polar surface area (TPSA) is 0 Å². The predicted octanol–water partition coefficient (Wildman–Crippen LogP) is 1.92. The second-order valence-electron chi connectivity index (χ2n) is 4.02. The molecule has 0 aliphatic rings. The van der Waals surface area contributed by atoms with Gasteiger partial charge in [0.25, 0.3) is 0 Å². The second-order valence-corrected chi connectivity index (χ2v) is 4.02. The van der Waals surface area contributed by atoms with Gasteiger partial charge >= 0.3 is 23.1 Å². The molecule has 0 nitrogen and oxygen atoms in total. The van der Waals surface area contributed by atoms with Crippen molar-refractivity contribution >= 4 is 23.1 Å². The first-order chi connectivity index (χ1) is 6.91. The average Bonchev–Trinajstić information content (AvgIpc) is 2.21. The zero-order valence-corrected chi connectivity index (χ0v) is 14.0. The van der Waals surface area contributed by atoms with Crippen molar-refractivity contribution in [3.63, 3.8) is 0 Å². The molecule has 92 valence electrons. The van der Waals surface area contributed by atoms with Crippen molar-refractivity contribution in [1.82, 2.24) is 0 Å². The van der Waals surface area contributed by atoms with Crippen LogP contribution in [-0.2, 0) is 0 Å². The van der Waals surface area contributed by atoms with Gasteiger partial charge in [-0.1, -0.05) is 57.6 Å².